The molecule has 0 radical (unpaired) electrons. The molecule has 1 unspecified atom stereocenters. The van der Waals surface area contributed by atoms with Crippen molar-refractivity contribution in [3.63, 3.8) is 0 Å². The number of aryl methyl sites for hydroxylation is 1. The Balaban J connectivity index is 2.17. The van der Waals surface area contributed by atoms with Crippen molar-refractivity contribution in [1.29, 1.82) is 0 Å². The van der Waals surface area contributed by atoms with Crippen LogP contribution in [0.1, 0.15) is 31.9 Å². The van der Waals surface area contributed by atoms with E-state index in [-0.39, 0.29) is 5.54 Å². The van der Waals surface area contributed by atoms with Gasteiger partial charge in [0, 0.05) is 5.70 Å². The standard InChI is InChI=1S/C19H24NP/c1-13-8-7-9-17(12-13)19(5,6)20-15(3)18-11-10-14(2)16(4)21-18/h7-12,20-21H,3-4H2,1-2,5-6H3. The molecule has 1 heterocycles. The Labute approximate surface area is 130 Å². The number of allylic oxidation sites excluding steroid dienone is 5. The van der Waals surface area contributed by atoms with Crippen LogP contribution in [0.2, 0.25) is 0 Å². The highest BCUT2D eigenvalue weighted by atomic mass is 31.1. The average molecular weight is 297 g/mol. The second kappa shape index (κ2) is 6.03. The molecule has 0 bridgehead atoms. The fourth-order valence-corrected chi connectivity index (χ4v) is 3.32. The van der Waals surface area contributed by atoms with Crippen LogP contribution in [0, 0.1) is 6.92 Å². The molecule has 0 amide bonds. The van der Waals surface area contributed by atoms with Crippen LogP contribution in [0.3, 0.4) is 0 Å². The maximum Gasteiger partial charge on any atom is 0.0569 e. The van der Waals surface area contributed by atoms with Gasteiger partial charge in [0.2, 0.25) is 0 Å². The van der Waals surface area contributed by atoms with Crippen molar-refractivity contribution in [1.82, 2.24) is 5.32 Å². The van der Waals surface area contributed by atoms with Gasteiger partial charge in [-0.05, 0) is 49.5 Å². The summed E-state index contributed by atoms with van der Waals surface area (Å²) in [5.74, 6) is 0. The summed E-state index contributed by atoms with van der Waals surface area (Å²) in [5, 5.41) is 6.02. The molecule has 1 aromatic rings. The molecule has 2 heteroatoms. The van der Waals surface area contributed by atoms with E-state index >= 15 is 0 Å². The van der Waals surface area contributed by atoms with E-state index in [0.29, 0.717) is 8.58 Å². The first-order chi connectivity index (χ1) is 9.79. The fraction of sp³-hybridized carbons (Fsp3) is 0.263. The van der Waals surface area contributed by atoms with Crippen molar-refractivity contribution in [2.45, 2.75) is 33.2 Å². The largest absolute Gasteiger partial charge is 0.376 e. The molecule has 1 aromatic carbocycles. The van der Waals surface area contributed by atoms with Gasteiger partial charge in [-0.15, -0.1) is 0 Å². The van der Waals surface area contributed by atoms with E-state index in [1.807, 2.05) is 0 Å². The van der Waals surface area contributed by atoms with Gasteiger partial charge in [0.15, 0.2) is 0 Å². The molecule has 0 spiro atoms. The summed E-state index contributed by atoms with van der Waals surface area (Å²) in [6.07, 6.45) is 4.28. The molecule has 2 rings (SSSR count). The van der Waals surface area contributed by atoms with Crippen molar-refractivity contribution < 1.29 is 0 Å². The van der Waals surface area contributed by atoms with Gasteiger partial charge in [-0.25, -0.2) is 0 Å². The molecule has 1 N–H and O–H groups in total. The molecule has 1 aliphatic heterocycles. The number of hydrogen-bond donors (Lipinski definition) is 1. The van der Waals surface area contributed by atoms with Crippen molar-refractivity contribution in [3.8, 4) is 0 Å². The second-order valence-electron chi connectivity index (χ2n) is 6.13. The number of benzene rings is 1. The Morgan fingerprint density at radius 3 is 2.52 bits per heavy atom. The Hall–Kier alpha value is -1.59. The number of hydrogen-bond acceptors (Lipinski definition) is 1. The smallest absolute Gasteiger partial charge is 0.0569 e. The highest BCUT2D eigenvalue weighted by Crippen LogP contribution is 2.42. The van der Waals surface area contributed by atoms with Gasteiger partial charge in [-0.3, -0.25) is 0 Å². The Morgan fingerprint density at radius 2 is 1.90 bits per heavy atom. The number of rotatable bonds is 4. The van der Waals surface area contributed by atoms with Gasteiger partial charge in [0.05, 0.1) is 5.54 Å². The molecule has 1 nitrogen and oxygen atoms in total. The lowest BCUT2D eigenvalue weighted by Crippen LogP contribution is -2.35. The summed E-state index contributed by atoms with van der Waals surface area (Å²) < 4.78 is 0. The zero-order valence-corrected chi connectivity index (χ0v) is 14.4. The minimum absolute atomic E-state index is 0.147. The second-order valence-corrected chi connectivity index (χ2v) is 7.52. The SMILES string of the molecule is C=C(NC(C)(C)c1cccc(C)c1)C1=CC=C(C)C(=C)P1. The van der Waals surface area contributed by atoms with Crippen molar-refractivity contribution in [2.75, 3.05) is 0 Å². The highest BCUT2D eigenvalue weighted by molar-refractivity contribution is 7.48. The van der Waals surface area contributed by atoms with Crippen LogP contribution in [0.5, 0.6) is 0 Å². The monoisotopic (exact) mass is 297 g/mol. The molecular formula is C19H24NP. The third-order valence-corrected chi connectivity index (χ3v) is 5.22. The Bertz CT molecular complexity index is 647. The average Bonchev–Trinajstić information content (AvgIpc) is 2.41. The third kappa shape index (κ3) is 3.74. The first kappa shape index (κ1) is 15.8. The van der Waals surface area contributed by atoms with Crippen LogP contribution >= 0.6 is 8.58 Å². The summed E-state index contributed by atoms with van der Waals surface area (Å²) in [6.45, 7) is 17.0. The summed E-state index contributed by atoms with van der Waals surface area (Å²) in [6, 6.07) is 8.61. The molecule has 0 aromatic heterocycles. The van der Waals surface area contributed by atoms with E-state index in [1.165, 1.54) is 27.3 Å². The van der Waals surface area contributed by atoms with Crippen LogP contribution < -0.4 is 5.32 Å². The van der Waals surface area contributed by atoms with E-state index in [9.17, 15) is 0 Å². The van der Waals surface area contributed by atoms with E-state index in [4.69, 9.17) is 0 Å². The van der Waals surface area contributed by atoms with E-state index in [1.54, 1.807) is 0 Å². The van der Waals surface area contributed by atoms with Gasteiger partial charge in [-0.2, -0.15) is 0 Å². The predicted octanol–water partition coefficient (Wildman–Crippen LogP) is 5.37. The van der Waals surface area contributed by atoms with Crippen LogP contribution in [0.25, 0.3) is 0 Å². The van der Waals surface area contributed by atoms with Crippen LogP contribution in [0.15, 0.2) is 71.5 Å². The normalized spacial score (nSPS) is 16.5. The summed E-state index contributed by atoms with van der Waals surface area (Å²) >= 11 is 0. The van der Waals surface area contributed by atoms with E-state index in [2.05, 4.69) is 82.6 Å². The molecule has 1 atom stereocenters. The Morgan fingerprint density at radius 1 is 1.19 bits per heavy atom. The van der Waals surface area contributed by atoms with Gasteiger partial charge in [0.1, 0.15) is 0 Å². The maximum atomic E-state index is 4.23. The van der Waals surface area contributed by atoms with Crippen molar-refractivity contribution in [2.24, 2.45) is 0 Å². The molecule has 21 heavy (non-hydrogen) atoms. The molecule has 0 aliphatic carbocycles. The highest BCUT2D eigenvalue weighted by Gasteiger charge is 2.22. The number of nitrogens with one attached hydrogen (secondary N) is 1. The lowest BCUT2D eigenvalue weighted by atomic mass is 9.92. The van der Waals surface area contributed by atoms with Gasteiger partial charge >= 0.3 is 0 Å². The van der Waals surface area contributed by atoms with Crippen molar-refractivity contribution in [3.05, 3.63) is 82.6 Å². The molecule has 0 saturated carbocycles. The van der Waals surface area contributed by atoms with Gasteiger partial charge in [0.25, 0.3) is 0 Å². The van der Waals surface area contributed by atoms with Crippen LogP contribution in [-0.2, 0) is 5.54 Å². The van der Waals surface area contributed by atoms with Gasteiger partial charge in [-0.1, -0.05) is 63.7 Å². The molecule has 110 valence electrons. The maximum absolute atomic E-state index is 4.23. The van der Waals surface area contributed by atoms with Gasteiger partial charge < -0.3 is 5.32 Å². The van der Waals surface area contributed by atoms with Crippen LogP contribution in [-0.4, -0.2) is 0 Å². The minimum atomic E-state index is -0.147. The topological polar surface area (TPSA) is 12.0 Å². The first-order valence-corrected chi connectivity index (χ1v) is 8.19. The Kier molecular flexibility index (Phi) is 4.54. The summed E-state index contributed by atoms with van der Waals surface area (Å²) in [7, 11) is 0.605. The molecule has 0 fully saturated rings. The molecule has 1 aliphatic rings. The third-order valence-electron chi connectivity index (χ3n) is 3.79. The fourth-order valence-electron chi connectivity index (χ4n) is 2.34. The van der Waals surface area contributed by atoms with Crippen molar-refractivity contribution >= 4 is 8.58 Å². The lowest BCUT2D eigenvalue weighted by Gasteiger charge is -2.31. The summed E-state index contributed by atoms with van der Waals surface area (Å²) in [5.41, 5.74) is 4.66. The van der Waals surface area contributed by atoms with Crippen LogP contribution in [0.4, 0.5) is 0 Å². The molecular weight excluding hydrogens is 273 g/mol. The zero-order chi connectivity index (χ0) is 15.6. The predicted molar refractivity (Wildman–Crippen MR) is 95.8 cm³/mol. The summed E-state index contributed by atoms with van der Waals surface area (Å²) in [4.78, 5) is 0. The molecule has 0 saturated heterocycles. The zero-order valence-electron chi connectivity index (χ0n) is 13.4. The minimum Gasteiger partial charge on any atom is -0.376 e. The first-order valence-electron chi connectivity index (χ1n) is 7.19. The lowest BCUT2D eigenvalue weighted by molar-refractivity contribution is 0.454. The van der Waals surface area contributed by atoms with E-state index in [0.717, 1.165) is 5.70 Å². The quantitative estimate of drug-likeness (QED) is 0.737. The van der Waals surface area contributed by atoms with E-state index < -0.39 is 0 Å².